The lowest BCUT2D eigenvalue weighted by molar-refractivity contribution is 0.777. The Kier molecular flexibility index (Phi) is 5.12. The average Bonchev–Trinajstić information content (AvgIpc) is 3.04. The highest BCUT2D eigenvalue weighted by molar-refractivity contribution is 7.99. The molecule has 1 aromatic heterocycles. The number of fused-ring (bicyclic) bond motifs is 1. The smallest absolute Gasteiger partial charge is 0.173 e. The molecule has 3 nitrogen and oxygen atoms in total. The van der Waals surface area contributed by atoms with Crippen LogP contribution in [0.5, 0.6) is 0 Å². The van der Waals surface area contributed by atoms with Crippen LogP contribution in [0.2, 0.25) is 0 Å². The predicted octanol–water partition coefficient (Wildman–Crippen LogP) is 5.25. The molecule has 3 aromatic rings. The van der Waals surface area contributed by atoms with E-state index in [0.717, 1.165) is 41.3 Å². The van der Waals surface area contributed by atoms with E-state index in [9.17, 15) is 0 Å². The highest BCUT2D eigenvalue weighted by Crippen LogP contribution is 2.28. The minimum absolute atomic E-state index is 0.946. The van der Waals surface area contributed by atoms with Crippen molar-refractivity contribution in [3.8, 4) is 5.69 Å². The minimum Gasteiger partial charge on any atom is -0.387 e. The fourth-order valence-corrected chi connectivity index (χ4v) is 4.10. The molecule has 0 fully saturated rings. The van der Waals surface area contributed by atoms with Gasteiger partial charge in [0.15, 0.2) is 5.16 Å². The van der Waals surface area contributed by atoms with Crippen LogP contribution in [0.15, 0.2) is 77.6 Å². The van der Waals surface area contributed by atoms with Crippen molar-refractivity contribution in [2.24, 2.45) is 0 Å². The minimum atomic E-state index is 0.946. The summed E-state index contributed by atoms with van der Waals surface area (Å²) >= 11 is 1.81. The van der Waals surface area contributed by atoms with Gasteiger partial charge in [-0.3, -0.25) is 4.57 Å². The molecule has 0 unspecified atom stereocenters. The molecule has 0 radical (unpaired) electrons. The Morgan fingerprint density at radius 3 is 2.92 bits per heavy atom. The van der Waals surface area contributed by atoms with Crippen molar-refractivity contribution in [2.45, 2.75) is 24.9 Å². The van der Waals surface area contributed by atoms with Gasteiger partial charge in [0.05, 0.1) is 11.0 Å². The van der Waals surface area contributed by atoms with E-state index in [1.54, 1.807) is 11.8 Å². The lowest BCUT2D eigenvalue weighted by atomic mass is 10.1. The maximum atomic E-state index is 4.88. The van der Waals surface area contributed by atoms with E-state index >= 15 is 0 Å². The van der Waals surface area contributed by atoms with Gasteiger partial charge < -0.3 is 5.32 Å². The van der Waals surface area contributed by atoms with Crippen LogP contribution in [0.1, 0.15) is 18.4 Å². The molecule has 132 valence electrons. The standard InChI is InChI=1S/C22H23N3S/c1-17-8-7-11-19(16-17)25-21-13-6-5-12-20(21)24-22(25)26-15-14-23-18-9-3-2-4-10-18/h2-3,5-9,11-13,16,23H,4,10,14-15H2,1H3. The van der Waals surface area contributed by atoms with E-state index in [1.165, 1.54) is 16.9 Å². The van der Waals surface area contributed by atoms with Crippen molar-refractivity contribution in [3.05, 3.63) is 78.0 Å². The fourth-order valence-electron chi connectivity index (χ4n) is 3.22. The summed E-state index contributed by atoms with van der Waals surface area (Å²) in [6, 6.07) is 17.0. The van der Waals surface area contributed by atoms with Crippen LogP contribution in [-0.2, 0) is 0 Å². The number of para-hydroxylation sites is 2. The summed E-state index contributed by atoms with van der Waals surface area (Å²) in [4.78, 5) is 4.88. The number of thioether (sulfide) groups is 1. The number of hydrogen-bond acceptors (Lipinski definition) is 3. The van der Waals surface area contributed by atoms with Crippen LogP contribution in [0.25, 0.3) is 16.7 Å². The first-order valence-electron chi connectivity index (χ1n) is 9.08. The molecule has 4 rings (SSSR count). The average molecular weight is 362 g/mol. The van der Waals surface area contributed by atoms with Gasteiger partial charge in [-0.2, -0.15) is 0 Å². The zero-order chi connectivity index (χ0) is 17.8. The molecule has 1 N–H and O–H groups in total. The number of aryl methyl sites for hydroxylation is 1. The topological polar surface area (TPSA) is 29.9 Å². The lowest BCUT2D eigenvalue weighted by Gasteiger charge is -2.12. The van der Waals surface area contributed by atoms with Gasteiger partial charge in [0, 0.05) is 23.7 Å². The number of imidazole rings is 1. The second-order valence-corrected chi connectivity index (χ2v) is 7.55. The predicted molar refractivity (Wildman–Crippen MR) is 111 cm³/mol. The van der Waals surface area contributed by atoms with Gasteiger partial charge in [0.25, 0.3) is 0 Å². The van der Waals surface area contributed by atoms with Crippen molar-refractivity contribution < 1.29 is 0 Å². The number of nitrogens with zero attached hydrogens (tertiary/aromatic N) is 2. The van der Waals surface area contributed by atoms with Gasteiger partial charge in [0.1, 0.15) is 0 Å². The third-order valence-electron chi connectivity index (χ3n) is 4.49. The molecule has 0 amide bonds. The number of benzene rings is 2. The molecular formula is C22H23N3S. The molecule has 26 heavy (non-hydrogen) atoms. The summed E-state index contributed by atoms with van der Waals surface area (Å²) < 4.78 is 2.27. The third-order valence-corrected chi connectivity index (χ3v) is 5.43. The van der Waals surface area contributed by atoms with Crippen molar-refractivity contribution >= 4 is 22.8 Å². The number of hydrogen-bond donors (Lipinski definition) is 1. The Hall–Kier alpha value is -2.46. The summed E-state index contributed by atoms with van der Waals surface area (Å²) in [7, 11) is 0. The Labute approximate surface area is 158 Å². The van der Waals surface area contributed by atoms with Crippen LogP contribution in [-0.4, -0.2) is 21.8 Å². The first-order valence-corrected chi connectivity index (χ1v) is 10.1. The van der Waals surface area contributed by atoms with Crippen LogP contribution in [0.3, 0.4) is 0 Å². The molecule has 0 spiro atoms. The molecule has 2 aromatic carbocycles. The number of nitrogens with one attached hydrogen (secondary N) is 1. The maximum absolute atomic E-state index is 4.88. The highest BCUT2D eigenvalue weighted by atomic mass is 32.2. The molecule has 1 aliphatic carbocycles. The monoisotopic (exact) mass is 361 g/mol. The summed E-state index contributed by atoms with van der Waals surface area (Å²) in [5.41, 5.74) is 5.98. The largest absolute Gasteiger partial charge is 0.387 e. The van der Waals surface area contributed by atoms with E-state index in [0.29, 0.717) is 0 Å². The molecule has 0 saturated carbocycles. The molecular weight excluding hydrogens is 338 g/mol. The molecule has 4 heteroatoms. The van der Waals surface area contributed by atoms with Gasteiger partial charge in [0.2, 0.25) is 0 Å². The Balaban J connectivity index is 1.55. The molecule has 0 atom stereocenters. The fraction of sp³-hybridized carbons (Fsp3) is 0.227. The van der Waals surface area contributed by atoms with Crippen LogP contribution < -0.4 is 5.32 Å². The molecule has 1 heterocycles. The third kappa shape index (κ3) is 3.70. The summed E-state index contributed by atoms with van der Waals surface area (Å²) in [6.07, 6.45) is 8.77. The molecule has 1 aliphatic rings. The first kappa shape index (κ1) is 17.0. The Morgan fingerprint density at radius 1 is 1.15 bits per heavy atom. The SMILES string of the molecule is Cc1cccc(-n2c(SCCNC3=CC=CCC3)nc3ccccc32)c1. The summed E-state index contributed by atoms with van der Waals surface area (Å²) in [5, 5.41) is 4.60. The van der Waals surface area contributed by atoms with Crippen LogP contribution in [0, 0.1) is 6.92 Å². The second-order valence-electron chi connectivity index (χ2n) is 6.49. The summed E-state index contributed by atoms with van der Waals surface area (Å²) in [6.45, 7) is 3.08. The maximum Gasteiger partial charge on any atom is 0.173 e. The van der Waals surface area contributed by atoms with Crippen molar-refractivity contribution in [1.82, 2.24) is 14.9 Å². The normalized spacial score (nSPS) is 13.8. The first-order chi connectivity index (χ1) is 12.8. The Bertz CT molecular complexity index is 968. The molecule has 0 saturated heterocycles. The van der Waals surface area contributed by atoms with Crippen molar-refractivity contribution in [3.63, 3.8) is 0 Å². The number of aromatic nitrogens is 2. The molecule has 0 aliphatic heterocycles. The van der Waals surface area contributed by atoms with Gasteiger partial charge in [-0.15, -0.1) is 0 Å². The van der Waals surface area contributed by atoms with Gasteiger partial charge >= 0.3 is 0 Å². The second kappa shape index (κ2) is 7.83. The number of rotatable bonds is 6. The van der Waals surface area contributed by atoms with Gasteiger partial charge in [-0.25, -0.2) is 4.98 Å². The van der Waals surface area contributed by atoms with Crippen molar-refractivity contribution in [1.29, 1.82) is 0 Å². The van der Waals surface area contributed by atoms with E-state index < -0.39 is 0 Å². The highest BCUT2D eigenvalue weighted by Gasteiger charge is 2.12. The van der Waals surface area contributed by atoms with E-state index in [2.05, 4.69) is 83.6 Å². The van der Waals surface area contributed by atoms with Gasteiger partial charge in [-0.05, 0) is 55.7 Å². The lowest BCUT2D eigenvalue weighted by Crippen LogP contribution is -2.17. The zero-order valence-electron chi connectivity index (χ0n) is 15.0. The quantitative estimate of drug-likeness (QED) is 0.480. The molecule has 0 bridgehead atoms. The Morgan fingerprint density at radius 2 is 2.08 bits per heavy atom. The van der Waals surface area contributed by atoms with E-state index in [1.807, 2.05) is 0 Å². The van der Waals surface area contributed by atoms with Gasteiger partial charge in [-0.1, -0.05) is 48.2 Å². The van der Waals surface area contributed by atoms with E-state index in [4.69, 9.17) is 4.98 Å². The summed E-state index contributed by atoms with van der Waals surface area (Å²) in [5.74, 6) is 0.982. The van der Waals surface area contributed by atoms with Crippen LogP contribution in [0.4, 0.5) is 0 Å². The number of allylic oxidation sites excluding steroid dienone is 4. The van der Waals surface area contributed by atoms with E-state index in [-0.39, 0.29) is 0 Å². The van der Waals surface area contributed by atoms with Crippen molar-refractivity contribution in [2.75, 3.05) is 12.3 Å². The van der Waals surface area contributed by atoms with Crippen LogP contribution >= 0.6 is 11.8 Å². The zero-order valence-corrected chi connectivity index (χ0v) is 15.8.